The van der Waals surface area contributed by atoms with E-state index in [1.54, 1.807) is 0 Å². The Balaban J connectivity index is 1.31. The van der Waals surface area contributed by atoms with E-state index in [-0.39, 0.29) is 5.96 Å². The molecule has 0 amide bonds. The van der Waals surface area contributed by atoms with Gasteiger partial charge in [0.2, 0.25) is 5.95 Å². The molecule has 0 atom stereocenters. The van der Waals surface area contributed by atoms with Crippen molar-refractivity contribution in [2.24, 2.45) is 16.5 Å². The summed E-state index contributed by atoms with van der Waals surface area (Å²) >= 11 is 0. The Morgan fingerprint density at radius 3 is 2.65 bits per heavy atom. The van der Waals surface area contributed by atoms with Gasteiger partial charge < -0.3 is 36.3 Å². The first-order valence-corrected chi connectivity index (χ1v) is 13.3. The van der Waals surface area contributed by atoms with Gasteiger partial charge in [-0.3, -0.25) is 4.99 Å². The topological polar surface area (TPSA) is 157 Å². The highest BCUT2D eigenvalue weighted by Crippen LogP contribution is 2.33. The molecule has 2 fully saturated rings. The van der Waals surface area contributed by atoms with E-state index >= 15 is 0 Å². The molecule has 198 valence electrons. The van der Waals surface area contributed by atoms with Crippen molar-refractivity contribution in [1.29, 1.82) is 0 Å². The number of fused-ring (bicyclic) bond motifs is 1. The number of pyridine rings is 1. The third kappa shape index (κ3) is 6.37. The van der Waals surface area contributed by atoms with Crippen LogP contribution in [0.4, 0.5) is 23.3 Å². The zero-order valence-electron chi connectivity index (χ0n) is 21.3. The van der Waals surface area contributed by atoms with Crippen LogP contribution < -0.4 is 27.0 Å². The molecule has 0 spiro atoms. The number of hydrogen-bond acceptors (Lipinski definition) is 9. The van der Waals surface area contributed by atoms with Crippen LogP contribution >= 0.6 is 0 Å². The fourth-order valence-electron chi connectivity index (χ4n) is 4.93. The van der Waals surface area contributed by atoms with Gasteiger partial charge in [-0.15, -0.1) is 0 Å². The molecule has 1 aliphatic carbocycles. The lowest BCUT2D eigenvalue weighted by Crippen LogP contribution is -2.36. The number of guanidine groups is 1. The highest BCUT2D eigenvalue weighted by Gasteiger charge is 2.22. The molecule has 37 heavy (non-hydrogen) atoms. The molecule has 3 aromatic rings. The number of aliphatic imine (C=N–C) groups is 1. The van der Waals surface area contributed by atoms with Crippen molar-refractivity contribution in [1.82, 2.24) is 24.5 Å². The van der Waals surface area contributed by atoms with E-state index in [1.165, 1.54) is 12.8 Å². The molecule has 0 unspecified atom stereocenters. The highest BCUT2D eigenvalue weighted by atomic mass is 16.5. The maximum atomic E-state index is 5.45. The summed E-state index contributed by atoms with van der Waals surface area (Å²) in [5.41, 5.74) is 13.3. The van der Waals surface area contributed by atoms with Crippen LogP contribution in [0.5, 0.6) is 0 Å². The molecule has 0 radical (unpaired) electrons. The fraction of sp³-hybridized carbons (Fsp3) is 0.560. The number of nitrogens with two attached hydrogens (primary N) is 2. The molecule has 12 nitrogen and oxygen atoms in total. The van der Waals surface area contributed by atoms with Crippen LogP contribution in [0.1, 0.15) is 51.0 Å². The second-order valence-electron chi connectivity index (χ2n) is 9.58. The van der Waals surface area contributed by atoms with Gasteiger partial charge >= 0.3 is 0 Å². The van der Waals surface area contributed by atoms with Crippen molar-refractivity contribution in [3.63, 3.8) is 0 Å². The Hall–Kier alpha value is -3.67. The molecule has 6 N–H and O–H groups in total. The monoisotopic (exact) mass is 507 g/mol. The van der Waals surface area contributed by atoms with Crippen molar-refractivity contribution in [3.8, 4) is 0 Å². The van der Waals surface area contributed by atoms with Gasteiger partial charge in [0.1, 0.15) is 5.82 Å². The third-order valence-corrected chi connectivity index (χ3v) is 6.90. The van der Waals surface area contributed by atoms with Crippen LogP contribution in [0.25, 0.3) is 11.2 Å². The quantitative estimate of drug-likeness (QED) is 0.173. The zero-order chi connectivity index (χ0) is 25.5. The Bertz CT molecular complexity index is 1180. The molecular formula is C25H37N11O. The van der Waals surface area contributed by atoms with E-state index in [9.17, 15) is 0 Å². The summed E-state index contributed by atoms with van der Waals surface area (Å²) in [6, 6.07) is 4.50. The van der Waals surface area contributed by atoms with Gasteiger partial charge in [0.05, 0.1) is 31.4 Å². The van der Waals surface area contributed by atoms with Crippen LogP contribution in [-0.4, -0.2) is 69.9 Å². The van der Waals surface area contributed by atoms with Crippen molar-refractivity contribution in [2.75, 3.05) is 54.9 Å². The molecule has 1 saturated carbocycles. The molecule has 12 heteroatoms. The summed E-state index contributed by atoms with van der Waals surface area (Å²) in [6.07, 6.45) is 11.5. The normalized spacial score (nSPS) is 16.3. The smallest absolute Gasteiger partial charge is 0.226 e. The second-order valence-corrected chi connectivity index (χ2v) is 9.58. The fourth-order valence-corrected chi connectivity index (χ4v) is 4.93. The van der Waals surface area contributed by atoms with Crippen LogP contribution in [0, 0.1) is 0 Å². The lowest BCUT2D eigenvalue weighted by Gasteiger charge is -2.27. The number of rotatable bonds is 11. The van der Waals surface area contributed by atoms with E-state index in [2.05, 4.69) is 30.1 Å². The van der Waals surface area contributed by atoms with E-state index in [0.29, 0.717) is 24.4 Å². The first-order chi connectivity index (χ1) is 18.2. The van der Waals surface area contributed by atoms with Gasteiger partial charge in [-0.05, 0) is 44.2 Å². The van der Waals surface area contributed by atoms with E-state index in [0.717, 1.165) is 87.6 Å². The van der Waals surface area contributed by atoms with Crippen molar-refractivity contribution in [2.45, 2.75) is 51.0 Å². The molecule has 1 saturated heterocycles. The Kier molecular flexibility index (Phi) is 8.14. The van der Waals surface area contributed by atoms with Gasteiger partial charge in [-0.1, -0.05) is 12.8 Å². The largest absolute Gasteiger partial charge is 0.378 e. The van der Waals surface area contributed by atoms with Gasteiger partial charge in [-0.2, -0.15) is 9.97 Å². The van der Waals surface area contributed by atoms with Gasteiger partial charge in [0.25, 0.3) is 0 Å². The number of imidazole rings is 1. The van der Waals surface area contributed by atoms with E-state index in [4.69, 9.17) is 31.2 Å². The Morgan fingerprint density at radius 1 is 1.05 bits per heavy atom. The molecule has 2 aliphatic rings. The van der Waals surface area contributed by atoms with Crippen molar-refractivity contribution in [3.05, 3.63) is 24.7 Å². The molecule has 0 bridgehead atoms. The average molecular weight is 508 g/mol. The van der Waals surface area contributed by atoms with Crippen LogP contribution in [0.2, 0.25) is 0 Å². The molecular weight excluding hydrogens is 470 g/mol. The first-order valence-electron chi connectivity index (χ1n) is 13.3. The zero-order valence-corrected chi connectivity index (χ0v) is 21.3. The number of nitrogens with one attached hydrogen (secondary N) is 2. The highest BCUT2D eigenvalue weighted by molar-refractivity contribution is 5.86. The minimum absolute atomic E-state index is 0.143. The minimum Gasteiger partial charge on any atom is -0.378 e. The van der Waals surface area contributed by atoms with Crippen LogP contribution in [-0.2, 0) is 4.74 Å². The molecule has 5 rings (SSSR count). The summed E-state index contributed by atoms with van der Waals surface area (Å²) in [7, 11) is 0. The Morgan fingerprint density at radius 2 is 1.89 bits per heavy atom. The van der Waals surface area contributed by atoms with Gasteiger partial charge in [0, 0.05) is 32.2 Å². The summed E-state index contributed by atoms with van der Waals surface area (Å²) in [5.74, 6) is 2.37. The standard InChI is InChI=1S/C25H37N11O/c26-24(27)28-10-4-1-5-11-29-25-33-22(21-23(34-25)36(17-31-21)19-6-2-3-7-19)32-18-8-9-20(30-16-18)35-12-14-37-15-13-35/h8-9,16-17,19H,1-7,10-15H2,(H4,26,27,28)(H2,29,32,33,34). The summed E-state index contributed by atoms with van der Waals surface area (Å²) in [4.78, 5) is 25.3. The number of hydrogen-bond donors (Lipinski definition) is 4. The lowest BCUT2D eigenvalue weighted by molar-refractivity contribution is 0.122. The number of aromatic nitrogens is 5. The summed E-state index contributed by atoms with van der Waals surface area (Å²) in [6.45, 7) is 4.59. The van der Waals surface area contributed by atoms with Gasteiger partial charge in [0.15, 0.2) is 22.9 Å². The molecule has 3 aromatic heterocycles. The van der Waals surface area contributed by atoms with Crippen LogP contribution in [0.15, 0.2) is 29.6 Å². The SMILES string of the molecule is NC(N)=NCCCCCNc1nc(Nc2ccc(N3CCOCC3)nc2)c2ncn(C3CCCC3)c2n1. The first kappa shape index (κ1) is 25.0. The second kappa shape index (κ2) is 12.0. The van der Waals surface area contributed by atoms with Gasteiger partial charge in [-0.25, -0.2) is 9.97 Å². The number of morpholine rings is 1. The maximum Gasteiger partial charge on any atom is 0.226 e. The molecule has 4 heterocycles. The summed E-state index contributed by atoms with van der Waals surface area (Å²) in [5, 5.41) is 6.84. The van der Waals surface area contributed by atoms with Crippen LogP contribution in [0.3, 0.4) is 0 Å². The van der Waals surface area contributed by atoms with E-state index in [1.807, 2.05) is 24.7 Å². The average Bonchev–Trinajstić information content (AvgIpc) is 3.59. The number of anilines is 4. The maximum absolute atomic E-state index is 5.45. The third-order valence-electron chi connectivity index (χ3n) is 6.90. The van der Waals surface area contributed by atoms with E-state index < -0.39 is 0 Å². The molecule has 1 aliphatic heterocycles. The lowest BCUT2D eigenvalue weighted by atomic mass is 10.2. The molecule has 0 aromatic carbocycles. The number of ether oxygens (including phenoxy) is 1. The predicted molar refractivity (Wildman–Crippen MR) is 146 cm³/mol. The number of unbranched alkanes of at least 4 members (excludes halogenated alkanes) is 2. The van der Waals surface area contributed by atoms with Crippen molar-refractivity contribution >= 4 is 40.4 Å². The Labute approximate surface area is 216 Å². The number of nitrogens with zero attached hydrogens (tertiary/aromatic N) is 7. The predicted octanol–water partition coefficient (Wildman–Crippen LogP) is 2.77. The minimum atomic E-state index is 0.143. The summed E-state index contributed by atoms with van der Waals surface area (Å²) < 4.78 is 7.67. The van der Waals surface area contributed by atoms with Crippen molar-refractivity contribution < 1.29 is 4.74 Å².